The van der Waals surface area contributed by atoms with Gasteiger partial charge in [-0.05, 0) is 55.5 Å². The Morgan fingerprint density at radius 2 is 2.00 bits per heavy atom. The third-order valence-corrected chi connectivity index (χ3v) is 3.73. The summed E-state index contributed by atoms with van der Waals surface area (Å²) in [5.41, 5.74) is -0.480. The summed E-state index contributed by atoms with van der Waals surface area (Å²) in [5, 5.41) is -0.167. The normalized spacial score (nSPS) is 15.7. The number of hydrogen-bond donors (Lipinski definition) is 0. The van der Waals surface area contributed by atoms with Crippen molar-refractivity contribution < 1.29 is 13.9 Å². The molecule has 1 aliphatic carbocycles. The topological polar surface area (TPSA) is 56.5 Å². The van der Waals surface area contributed by atoms with Crippen molar-refractivity contribution >= 4 is 27.8 Å². The Kier molecular flexibility index (Phi) is 3.49. The summed E-state index contributed by atoms with van der Waals surface area (Å²) in [6.07, 6.45) is 4.73. The van der Waals surface area contributed by atoms with E-state index in [-0.39, 0.29) is 11.7 Å². The van der Waals surface area contributed by atoms with Gasteiger partial charge >= 0.3 is 5.63 Å². The number of carbonyl (C=O) groups is 1. The fourth-order valence-electron chi connectivity index (χ4n) is 2.50. The minimum Gasteiger partial charge on any atom is -0.490 e. The molecule has 0 aliphatic heterocycles. The van der Waals surface area contributed by atoms with Gasteiger partial charge in [-0.15, -0.1) is 0 Å². The third kappa shape index (κ3) is 2.56. The molecule has 3 rings (SSSR count). The maximum atomic E-state index is 11.6. The van der Waals surface area contributed by atoms with E-state index >= 15 is 0 Å². The van der Waals surface area contributed by atoms with Crippen molar-refractivity contribution in [1.82, 2.24) is 0 Å². The zero-order valence-electron chi connectivity index (χ0n) is 10.7. The number of ether oxygens (including phenoxy) is 1. The Morgan fingerprint density at radius 3 is 2.70 bits per heavy atom. The molecule has 1 aromatic carbocycles. The van der Waals surface area contributed by atoms with Gasteiger partial charge in [-0.2, -0.15) is 0 Å². The molecule has 1 aromatic heterocycles. The molecule has 4 nitrogen and oxygen atoms in total. The lowest BCUT2D eigenvalue weighted by atomic mass is 10.2. The standard InChI is InChI=1S/C15H13ClO4/c16-14(17)12-7-9-5-6-11(8-13(9)20-15(12)18)19-10-3-1-2-4-10/h5-8,10H,1-4H2. The van der Waals surface area contributed by atoms with Gasteiger partial charge in [-0.25, -0.2) is 4.79 Å². The fourth-order valence-corrected chi connectivity index (χ4v) is 2.63. The molecule has 1 heterocycles. The first kappa shape index (κ1) is 13.2. The molecule has 0 unspecified atom stereocenters. The van der Waals surface area contributed by atoms with Gasteiger partial charge in [0.2, 0.25) is 0 Å². The Bertz CT molecular complexity index is 713. The van der Waals surface area contributed by atoms with Crippen molar-refractivity contribution in [1.29, 1.82) is 0 Å². The quantitative estimate of drug-likeness (QED) is 0.642. The van der Waals surface area contributed by atoms with Crippen LogP contribution in [0.4, 0.5) is 0 Å². The van der Waals surface area contributed by atoms with Gasteiger partial charge in [0.05, 0.1) is 6.10 Å². The maximum absolute atomic E-state index is 11.6. The smallest absolute Gasteiger partial charge is 0.348 e. The lowest BCUT2D eigenvalue weighted by Crippen LogP contribution is -2.11. The average Bonchev–Trinajstić information content (AvgIpc) is 2.90. The molecule has 2 aromatic rings. The van der Waals surface area contributed by atoms with E-state index in [2.05, 4.69) is 0 Å². The van der Waals surface area contributed by atoms with Crippen LogP contribution < -0.4 is 10.4 Å². The zero-order valence-corrected chi connectivity index (χ0v) is 11.5. The van der Waals surface area contributed by atoms with Gasteiger partial charge in [0.1, 0.15) is 16.9 Å². The molecular weight excluding hydrogens is 280 g/mol. The van der Waals surface area contributed by atoms with Crippen LogP contribution in [0.25, 0.3) is 11.0 Å². The second-order valence-electron chi connectivity index (χ2n) is 4.95. The van der Waals surface area contributed by atoms with Crippen molar-refractivity contribution in [3.05, 3.63) is 40.2 Å². The highest BCUT2D eigenvalue weighted by Crippen LogP contribution is 2.26. The summed E-state index contributed by atoms with van der Waals surface area (Å²) in [7, 11) is 0. The van der Waals surface area contributed by atoms with Crippen LogP contribution in [-0.2, 0) is 0 Å². The SMILES string of the molecule is O=C(Cl)c1cc2ccc(OC3CCCC3)cc2oc1=O. The lowest BCUT2D eigenvalue weighted by Gasteiger charge is -2.13. The Labute approximate surface area is 120 Å². The second kappa shape index (κ2) is 5.29. The van der Waals surface area contributed by atoms with Gasteiger partial charge in [0, 0.05) is 11.5 Å². The maximum Gasteiger partial charge on any atom is 0.348 e. The van der Waals surface area contributed by atoms with Gasteiger partial charge in [-0.3, -0.25) is 4.79 Å². The highest BCUT2D eigenvalue weighted by Gasteiger charge is 2.17. The van der Waals surface area contributed by atoms with Crippen molar-refractivity contribution in [2.24, 2.45) is 0 Å². The van der Waals surface area contributed by atoms with Crippen LogP contribution in [0.1, 0.15) is 36.0 Å². The minimum absolute atomic E-state index is 0.149. The molecule has 20 heavy (non-hydrogen) atoms. The van der Waals surface area contributed by atoms with Crippen molar-refractivity contribution in [3.8, 4) is 5.75 Å². The van der Waals surface area contributed by atoms with E-state index in [1.165, 1.54) is 18.9 Å². The van der Waals surface area contributed by atoms with Crippen molar-refractivity contribution in [2.45, 2.75) is 31.8 Å². The number of benzene rings is 1. The molecule has 0 N–H and O–H groups in total. The van der Waals surface area contributed by atoms with E-state index in [4.69, 9.17) is 20.8 Å². The van der Waals surface area contributed by atoms with Gasteiger partial charge < -0.3 is 9.15 Å². The molecule has 1 fully saturated rings. The summed E-state index contributed by atoms with van der Waals surface area (Å²) in [4.78, 5) is 22.7. The molecule has 1 aliphatic rings. The van der Waals surface area contributed by atoms with Crippen LogP contribution >= 0.6 is 11.6 Å². The van der Waals surface area contributed by atoms with Crippen LogP contribution in [0.3, 0.4) is 0 Å². The van der Waals surface area contributed by atoms with Gasteiger partial charge in [0.25, 0.3) is 5.24 Å². The Morgan fingerprint density at radius 1 is 1.25 bits per heavy atom. The molecule has 0 saturated heterocycles. The summed E-state index contributed by atoms with van der Waals surface area (Å²) in [6.45, 7) is 0. The third-order valence-electron chi connectivity index (χ3n) is 3.52. The highest BCUT2D eigenvalue weighted by molar-refractivity contribution is 6.67. The highest BCUT2D eigenvalue weighted by atomic mass is 35.5. The first-order chi connectivity index (χ1) is 9.63. The Balaban J connectivity index is 1.96. The predicted molar refractivity (Wildman–Crippen MR) is 75.6 cm³/mol. The molecule has 0 atom stereocenters. The summed E-state index contributed by atoms with van der Waals surface area (Å²) < 4.78 is 11.0. The summed E-state index contributed by atoms with van der Waals surface area (Å²) in [5.74, 6) is 0.678. The number of carbonyl (C=O) groups excluding carboxylic acids is 1. The van der Waals surface area contributed by atoms with Crippen LogP contribution in [0.2, 0.25) is 0 Å². The van der Waals surface area contributed by atoms with Crippen LogP contribution in [-0.4, -0.2) is 11.3 Å². The van der Waals surface area contributed by atoms with Crippen LogP contribution in [0, 0.1) is 0 Å². The van der Waals surface area contributed by atoms with Crippen molar-refractivity contribution in [3.63, 3.8) is 0 Å². The second-order valence-corrected chi connectivity index (χ2v) is 5.29. The summed E-state index contributed by atoms with van der Waals surface area (Å²) >= 11 is 5.33. The molecule has 5 heteroatoms. The largest absolute Gasteiger partial charge is 0.490 e. The molecule has 1 saturated carbocycles. The summed E-state index contributed by atoms with van der Waals surface area (Å²) in [6, 6.07) is 6.68. The average molecular weight is 293 g/mol. The van der Waals surface area contributed by atoms with Gasteiger partial charge in [0.15, 0.2) is 0 Å². The van der Waals surface area contributed by atoms with E-state index in [9.17, 15) is 9.59 Å². The van der Waals surface area contributed by atoms with Crippen LogP contribution in [0.5, 0.6) is 5.75 Å². The first-order valence-electron chi connectivity index (χ1n) is 6.58. The van der Waals surface area contributed by atoms with E-state index in [0.717, 1.165) is 12.8 Å². The van der Waals surface area contributed by atoms with Gasteiger partial charge in [-0.1, -0.05) is 0 Å². The molecule has 0 spiro atoms. The molecule has 104 valence electrons. The predicted octanol–water partition coefficient (Wildman–Crippen LogP) is 3.49. The van der Waals surface area contributed by atoms with Crippen LogP contribution in [0.15, 0.2) is 33.5 Å². The molecule has 0 radical (unpaired) electrons. The monoisotopic (exact) mass is 292 g/mol. The fraction of sp³-hybridized carbons (Fsp3) is 0.333. The number of hydrogen-bond acceptors (Lipinski definition) is 4. The number of fused-ring (bicyclic) bond motifs is 1. The number of halogens is 1. The number of rotatable bonds is 3. The Hall–Kier alpha value is -1.81. The minimum atomic E-state index is -0.813. The first-order valence-corrected chi connectivity index (χ1v) is 6.96. The van der Waals surface area contributed by atoms with E-state index in [1.54, 1.807) is 12.1 Å². The van der Waals surface area contributed by atoms with E-state index in [0.29, 0.717) is 16.7 Å². The van der Waals surface area contributed by atoms with E-state index in [1.807, 2.05) is 6.07 Å². The lowest BCUT2D eigenvalue weighted by molar-refractivity contribution is 0.107. The molecule has 0 amide bonds. The zero-order chi connectivity index (χ0) is 14.1. The molecule has 0 bridgehead atoms. The van der Waals surface area contributed by atoms with E-state index < -0.39 is 10.9 Å². The van der Waals surface area contributed by atoms with Crippen molar-refractivity contribution in [2.75, 3.05) is 0 Å². The molecular formula is C15H13ClO4.